The summed E-state index contributed by atoms with van der Waals surface area (Å²) in [6, 6.07) is 14.1. The molecule has 3 aromatic carbocycles. The van der Waals surface area contributed by atoms with Crippen molar-refractivity contribution < 1.29 is 72.3 Å². The zero-order chi connectivity index (χ0) is 37.0. The first-order valence-electron chi connectivity index (χ1n) is 15.0. The Morgan fingerprint density at radius 2 is 0.680 bits per heavy atom. The average molecular weight is 697 g/mol. The fraction of sp³-hybridized carbons (Fsp3) is 0.314. The van der Waals surface area contributed by atoms with Crippen LogP contribution in [0.3, 0.4) is 0 Å². The highest BCUT2D eigenvalue weighted by Crippen LogP contribution is 2.21. The minimum absolute atomic E-state index is 0.112. The Hall–Kier alpha value is -6.12. The lowest BCUT2D eigenvalue weighted by Crippen LogP contribution is -2.37. The van der Waals surface area contributed by atoms with Crippen molar-refractivity contribution in [2.75, 3.05) is 19.8 Å². The number of carbonyl (C=O) groups excluding carboxylic acids is 6. The first kappa shape index (κ1) is 38.3. The molecule has 0 saturated carbocycles. The summed E-state index contributed by atoms with van der Waals surface area (Å²) in [4.78, 5) is 100. The first-order valence-corrected chi connectivity index (χ1v) is 15.0. The molecule has 0 unspecified atom stereocenters. The molecule has 0 aromatic heterocycles. The fourth-order valence-electron chi connectivity index (χ4n) is 3.86. The molecule has 0 aliphatic rings. The summed E-state index contributed by atoms with van der Waals surface area (Å²) in [6.45, 7) is 10.2. The second kappa shape index (κ2) is 17.3. The van der Waals surface area contributed by atoms with Gasteiger partial charge in [-0.15, -0.1) is 0 Å². The minimum atomic E-state index is -1.55. The van der Waals surface area contributed by atoms with E-state index in [4.69, 9.17) is 14.2 Å². The highest BCUT2D eigenvalue weighted by atomic mass is 17.2. The number of benzene rings is 3. The van der Waals surface area contributed by atoms with Crippen LogP contribution in [0.1, 0.15) is 71.4 Å². The molecule has 0 aliphatic heterocycles. The number of hydrogen-bond acceptors (Lipinski definition) is 15. The van der Waals surface area contributed by atoms with E-state index in [0.29, 0.717) is 0 Å². The fourth-order valence-corrected chi connectivity index (χ4v) is 3.86. The van der Waals surface area contributed by atoms with Gasteiger partial charge in [-0.2, -0.15) is 14.4 Å². The quantitative estimate of drug-likeness (QED) is 0.100. The molecule has 0 fully saturated rings. The maximum absolute atomic E-state index is 12.3. The number of carbonyl (C=O) groups is 6. The van der Waals surface area contributed by atoms with Crippen LogP contribution in [0.5, 0.6) is 0 Å². The zero-order valence-electron chi connectivity index (χ0n) is 28.4. The predicted octanol–water partition coefficient (Wildman–Crippen LogP) is 6.62. The molecule has 0 bridgehead atoms. The molecule has 0 atom stereocenters. The monoisotopic (exact) mass is 696 g/mol. The van der Waals surface area contributed by atoms with Crippen LogP contribution in [0.15, 0.2) is 54.6 Å². The topological polar surface area (TPSA) is 185 Å². The van der Waals surface area contributed by atoms with Gasteiger partial charge in [0, 0.05) is 0 Å². The molecule has 0 saturated heterocycles. The Labute approximate surface area is 287 Å². The van der Waals surface area contributed by atoms with Crippen molar-refractivity contribution in [3.05, 3.63) is 105 Å². The summed E-state index contributed by atoms with van der Waals surface area (Å²) in [6.07, 6.45) is -4.41. The Kier molecular flexibility index (Phi) is 13.3. The Balaban J connectivity index is 1.57. The molecule has 50 heavy (non-hydrogen) atoms. The molecule has 15 heteroatoms. The van der Waals surface area contributed by atoms with Crippen LogP contribution in [-0.2, 0) is 43.5 Å². The van der Waals surface area contributed by atoms with E-state index in [1.165, 1.54) is 43.3 Å². The third-order valence-electron chi connectivity index (χ3n) is 7.40. The molecule has 0 spiro atoms. The Bertz CT molecular complexity index is 1560. The first-order chi connectivity index (χ1) is 23.6. The molecule has 3 rings (SSSR count). The van der Waals surface area contributed by atoms with Crippen molar-refractivity contribution in [2.24, 2.45) is 5.41 Å². The van der Waals surface area contributed by atoms with Crippen LogP contribution in [0, 0.1) is 47.0 Å². The van der Waals surface area contributed by atoms with E-state index < -0.39 is 61.6 Å². The van der Waals surface area contributed by atoms with E-state index in [1.807, 2.05) is 20.8 Å². The van der Waals surface area contributed by atoms with Gasteiger partial charge in [-0.3, -0.25) is 0 Å². The molecule has 3 aromatic rings. The van der Waals surface area contributed by atoms with Crippen molar-refractivity contribution in [2.45, 2.75) is 48.5 Å². The van der Waals surface area contributed by atoms with E-state index in [9.17, 15) is 28.8 Å². The number of aryl methyl sites for hydroxylation is 6. The Morgan fingerprint density at radius 3 is 0.920 bits per heavy atom. The summed E-state index contributed by atoms with van der Waals surface area (Å²) in [5.41, 5.74) is 3.97. The van der Waals surface area contributed by atoms with Crippen molar-refractivity contribution >= 4 is 36.4 Å². The summed E-state index contributed by atoms with van der Waals surface area (Å²) < 4.78 is 14.9. The highest BCUT2D eigenvalue weighted by Gasteiger charge is 2.33. The van der Waals surface area contributed by atoms with E-state index in [1.54, 1.807) is 39.0 Å². The third kappa shape index (κ3) is 11.5. The predicted molar refractivity (Wildman–Crippen MR) is 169 cm³/mol. The molecule has 0 radical (unpaired) electrons. The number of ether oxygens (including phenoxy) is 3. The van der Waals surface area contributed by atoms with Gasteiger partial charge in [-0.05, 0) is 118 Å². The summed E-state index contributed by atoms with van der Waals surface area (Å²) in [7, 11) is 0. The lowest BCUT2D eigenvalue weighted by molar-refractivity contribution is -0.216. The lowest BCUT2D eigenvalue weighted by Gasteiger charge is -2.26. The van der Waals surface area contributed by atoms with Crippen LogP contribution in [0.4, 0.5) is 14.4 Å². The largest absolute Gasteiger partial charge is 0.549 e. The van der Waals surface area contributed by atoms with Crippen molar-refractivity contribution in [3.63, 3.8) is 0 Å². The molecule has 15 nitrogen and oxygen atoms in total. The zero-order valence-corrected chi connectivity index (χ0v) is 28.4. The van der Waals surface area contributed by atoms with Crippen LogP contribution in [0.2, 0.25) is 0 Å². The molecule has 0 heterocycles. The van der Waals surface area contributed by atoms with Gasteiger partial charge >= 0.3 is 36.4 Å². The second-order valence-corrected chi connectivity index (χ2v) is 11.7. The van der Waals surface area contributed by atoms with Crippen LogP contribution in [-0.4, -0.2) is 56.2 Å². The van der Waals surface area contributed by atoms with E-state index >= 15 is 0 Å². The van der Waals surface area contributed by atoms with Gasteiger partial charge in [-0.25, -0.2) is 43.7 Å². The van der Waals surface area contributed by atoms with E-state index in [2.05, 4.69) is 29.3 Å². The van der Waals surface area contributed by atoms with Crippen LogP contribution < -0.4 is 0 Å². The van der Waals surface area contributed by atoms with Gasteiger partial charge < -0.3 is 14.2 Å². The molecular weight excluding hydrogens is 660 g/mol. The average Bonchev–Trinajstić information content (AvgIpc) is 3.09. The summed E-state index contributed by atoms with van der Waals surface area (Å²) in [5.74, 6) is -2.93. The maximum atomic E-state index is 12.3. The molecule has 0 aliphatic carbocycles. The maximum Gasteiger partial charge on any atom is 0.549 e. The number of hydrogen-bond donors (Lipinski definition) is 0. The van der Waals surface area contributed by atoms with Gasteiger partial charge in [0.25, 0.3) is 0 Å². The van der Waals surface area contributed by atoms with Crippen LogP contribution >= 0.6 is 0 Å². The van der Waals surface area contributed by atoms with Gasteiger partial charge in [0.05, 0.1) is 22.1 Å². The van der Waals surface area contributed by atoms with Gasteiger partial charge in [-0.1, -0.05) is 18.2 Å². The summed E-state index contributed by atoms with van der Waals surface area (Å²) in [5, 5.41) is 0. The van der Waals surface area contributed by atoms with Crippen molar-refractivity contribution in [1.29, 1.82) is 0 Å². The molecule has 0 amide bonds. The standard InChI is InChI=1S/C35H36O15/c1-20-8-11-26(14-23(20)4)29(36)45-48-32(39)42-17-35(7,18-43-33(40)49-46-30(37)27-12-9-21(2)24(5)15-27)19-44-34(41)50-47-31(38)28-13-10-22(3)25(6)16-28/h8-16H,17-19H2,1-7H3. The van der Waals surface area contributed by atoms with E-state index in [0.717, 1.165) is 33.4 Å². The van der Waals surface area contributed by atoms with Crippen molar-refractivity contribution in [1.82, 2.24) is 0 Å². The normalized spacial score (nSPS) is 10.6. The third-order valence-corrected chi connectivity index (χ3v) is 7.40. The second-order valence-electron chi connectivity index (χ2n) is 11.7. The van der Waals surface area contributed by atoms with Gasteiger partial charge in [0.2, 0.25) is 0 Å². The molecule has 0 N–H and O–H groups in total. The van der Waals surface area contributed by atoms with Gasteiger partial charge in [0.1, 0.15) is 19.8 Å². The number of rotatable bonds is 9. The highest BCUT2D eigenvalue weighted by molar-refractivity contribution is 5.90. The van der Waals surface area contributed by atoms with Gasteiger partial charge in [0.15, 0.2) is 0 Å². The van der Waals surface area contributed by atoms with Crippen molar-refractivity contribution in [3.8, 4) is 0 Å². The smallest absolute Gasteiger partial charge is 0.431 e. The Morgan fingerprint density at radius 1 is 0.420 bits per heavy atom. The minimum Gasteiger partial charge on any atom is -0.431 e. The lowest BCUT2D eigenvalue weighted by atomic mass is 9.94. The van der Waals surface area contributed by atoms with E-state index in [-0.39, 0.29) is 16.7 Å². The van der Waals surface area contributed by atoms with Crippen LogP contribution in [0.25, 0.3) is 0 Å². The summed E-state index contributed by atoms with van der Waals surface area (Å²) >= 11 is 0. The molecular formula is C35H36O15. The SMILES string of the molecule is Cc1ccc(C(=O)OOC(=O)OCC(C)(COC(=O)OOC(=O)c2ccc(C)c(C)c2)COC(=O)OOC(=O)c2ccc(C)c(C)c2)cc1C. The molecule has 266 valence electrons.